The maximum absolute atomic E-state index is 11.1. The first kappa shape index (κ1) is 10.5. The highest BCUT2D eigenvalue weighted by molar-refractivity contribution is 5.79. The summed E-state index contributed by atoms with van der Waals surface area (Å²) >= 11 is 0. The second kappa shape index (κ2) is 5.21. The summed E-state index contributed by atoms with van der Waals surface area (Å²) in [5.74, 6) is 4.96. The summed E-state index contributed by atoms with van der Waals surface area (Å²) in [6.07, 6.45) is -1.03. The van der Waals surface area contributed by atoms with Crippen molar-refractivity contribution in [2.24, 2.45) is 5.84 Å². The first-order chi connectivity index (χ1) is 6.77. The average Bonchev–Trinajstić information content (AvgIpc) is 2.26. The number of carbonyl (C=O) groups is 1. The van der Waals surface area contributed by atoms with E-state index in [0.29, 0.717) is 5.75 Å². The lowest BCUT2D eigenvalue weighted by Gasteiger charge is -2.15. The van der Waals surface area contributed by atoms with Gasteiger partial charge in [-0.15, -0.1) is 0 Å². The van der Waals surface area contributed by atoms with Gasteiger partial charge in [0.05, 0.1) is 0 Å². The zero-order valence-corrected chi connectivity index (χ0v) is 7.77. The Bertz CT molecular complexity index is 289. The van der Waals surface area contributed by atoms with Gasteiger partial charge in [-0.25, -0.2) is 5.84 Å². The molecule has 1 amide bonds. The van der Waals surface area contributed by atoms with Crippen LogP contribution in [0.5, 0.6) is 5.75 Å². The first-order valence-electron chi connectivity index (χ1n) is 4.03. The number of ether oxygens (including phenoxy) is 2. The minimum atomic E-state index is -1.03. The van der Waals surface area contributed by atoms with Crippen LogP contribution >= 0.6 is 0 Å². The summed E-state index contributed by atoms with van der Waals surface area (Å²) in [5.41, 5.74) is 1.95. The van der Waals surface area contributed by atoms with Gasteiger partial charge in [-0.05, 0) is 12.1 Å². The molecule has 0 aliphatic carbocycles. The van der Waals surface area contributed by atoms with Crippen molar-refractivity contribution >= 4 is 5.91 Å². The second-order valence-corrected chi connectivity index (χ2v) is 2.51. The van der Waals surface area contributed by atoms with Crippen molar-refractivity contribution in [3.8, 4) is 5.75 Å². The molecule has 14 heavy (non-hydrogen) atoms. The molecule has 1 aromatic carbocycles. The number of methoxy groups -OCH3 is 1. The molecule has 1 unspecified atom stereocenters. The fourth-order valence-electron chi connectivity index (χ4n) is 0.899. The highest BCUT2D eigenvalue weighted by Crippen LogP contribution is 2.10. The molecule has 0 spiro atoms. The summed E-state index contributed by atoms with van der Waals surface area (Å²) in [6, 6.07) is 8.87. The Morgan fingerprint density at radius 2 is 2.07 bits per heavy atom. The van der Waals surface area contributed by atoms with Gasteiger partial charge in [0.15, 0.2) is 0 Å². The fourth-order valence-corrected chi connectivity index (χ4v) is 0.899. The quantitative estimate of drug-likeness (QED) is 0.308. The third-order valence-corrected chi connectivity index (χ3v) is 1.56. The maximum Gasteiger partial charge on any atom is 0.303 e. The van der Waals surface area contributed by atoms with Gasteiger partial charge in [0, 0.05) is 7.11 Å². The monoisotopic (exact) mass is 196 g/mol. The van der Waals surface area contributed by atoms with Crippen LogP contribution in [-0.2, 0) is 9.53 Å². The number of amides is 1. The lowest BCUT2D eigenvalue weighted by molar-refractivity contribution is -0.148. The van der Waals surface area contributed by atoms with Crippen LogP contribution in [0.25, 0.3) is 0 Å². The van der Waals surface area contributed by atoms with E-state index in [2.05, 4.69) is 0 Å². The Morgan fingerprint density at radius 1 is 1.43 bits per heavy atom. The smallest absolute Gasteiger partial charge is 0.303 e. The Kier molecular flexibility index (Phi) is 3.90. The maximum atomic E-state index is 11.1. The molecule has 0 aliphatic rings. The number of carbonyl (C=O) groups excluding carboxylic acids is 1. The summed E-state index contributed by atoms with van der Waals surface area (Å²) in [5, 5.41) is 0. The van der Waals surface area contributed by atoms with Gasteiger partial charge in [-0.1, -0.05) is 18.2 Å². The average molecular weight is 196 g/mol. The van der Waals surface area contributed by atoms with Crippen LogP contribution in [0.2, 0.25) is 0 Å². The van der Waals surface area contributed by atoms with Crippen LogP contribution in [-0.4, -0.2) is 19.3 Å². The summed E-state index contributed by atoms with van der Waals surface area (Å²) in [7, 11) is 1.36. The highest BCUT2D eigenvalue weighted by atomic mass is 16.7. The molecule has 5 nitrogen and oxygen atoms in total. The second-order valence-electron chi connectivity index (χ2n) is 2.51. The van der Waals surface area contributed by atoms with E-state index in [-0.39, 0.29) is 0 Å². The highest BCUT2D eigenvalue weighted by Gasteiger charge is 2.17. The van der Waals surface area contributed by atoms with E-state index in [4.69, 9.17) is 15.3 Å². The van der Waals surface area contributed by atoms with Crippen LogP contribution in [0, 0.1) is 0 Å². The van der Waals surface area contributed by atoms with Crippen LogP contribution in [0.15, 0.2) is 30.3 Å². The summed E-state index contributed by atoms with van der Waals surface area (Å²) in [6.45, 7) is 0. The molecule has 3 N–H and O–H groups in total. The number of benzene rings is 1. The zero-order valence-electron chi connectivity index (χ0n) is 7.77. The van der Waals surface area contributed by atoms with E-state index in [1.165, 1.54) is 7.11 Å². The number of nitrogens with two attached hydrogens (primary N) is 1. The lowest BCUT2D eigenvalue weighted by Crippen LogP contribution is -2.43. The van der Waals surface area contributed by atoms with Crippen molar-refractivity contribution < 1.29 is 14.3 Å². The molecular weight excluding hydrogens is 184 g/mol. The molecule has 0 heterocycles. The van der Waals surface area contributed by atoms with Gasteiger partial charge < -0.3 is 9.47 Å². The van der Waals surface area contributed by atoms with Gasteiger partial charge in [0.25, 0.3) is 6.29 Å². The van der Waals surface area contributed by atoms with Gasteiger partial charge >= 0.3 is 5.91 Å². The van der Waals surface area contributed by atoms with Gasteiger partial charge in [-0.3, -0.25) is 10.2 Å². The molecular formula is C9H12N2O3. The minimum Gasteiger partial charge on any atom is -0.455 e. The molecule has 0 aliphatic heterocycles. The van der Waals surface area contributed by atoms with Crippen LogP contribution in [0.3, 0.4) is 0 Å². The van der Waals surface area contributed by atoms with Crippen molar-refractivity contribution in [3.63, 3.8) is 0 Å². The molecule has 0 bridgehead atoms. The first-order valence-corrected chi connectivity index (χ1v) is 4.03. The Balaban J connectivity index is 2.62. The van der Waals surface area contributed by atoms with Gasteiger partial charge in [-0.2, -0.15) is 0 Å². The third kappa shape index (κ3) is 2.72. The van der Waals surface area contributed by atoms with Crippen molar-refractivity contribution in [1.29, 1.82) is 0 Å². The van der Waals surface area contributed by atoms with Crippen LogP contribution in [0.4, 0.5) is 0 Å². The minimum absolute atomic E-state index is 0.531. The Hall–Kier alpha value is -1.59. The predicted octanol–water partition coefficient (Wildman–Crippen LogP) is 0.0278. The SMILES string of the molecule is COC(Oc1ccccc1)C(=O)NN. The molecule has 5 heteroatoms. The van der Waals surface area contributed by atoms with Crippen LogP contribution in [0.1, 0.15) is 0 Å². The number of hydrogen-bond acceptors (Lipinski definition) is 4. The fraction of sp³-hybridized carbons (Fsp3) is 0.222. The standard InChI is InChI=1S/C9H12N2O3/c1-13-9(8(12)11-10)14-7-5-3-2-4-6-7/h2-6,9H,10H2,1H3,(H,11,12). The number of hydrazine groups is 1. The third-order valence-electron chi connectivity index (χ3n) is 1.56. The number of para-hydroxylation sites is 1. The molecule has 1 aromatic rings. The molecule has 1 rings (SSSR count). The Labute approximate surface area is 81.8 Å². The zero-order chi connectivity index (χ0) is 10.4. The van der Waals surface area contributed by atoms with Crippen molar-refractivity contribution in [2.45, 2.75) is 6.29 Å². The van der Waals surface area contributed by atoms with Crippen molar-refractivity contribution in [1.82, 2.24) is 5.43 Å². The van der Waals surface area contributed by atoms with E-state index in [0.717, 1.165) is 0 Å². The molecule has 0 saturated heterocycles. The summed E-state index contributed by atoms with van der Waals surface area (Å²) < 4.78 is 9.99. The van der Waals surface area contributed by atoms with Crippen molar-refractivity contribution in [2.75, 3.05) is 7.11 Å². The molecule has 1 atom stereocenters. The molecule has 76 valence electrons. The van der Waals surface area contributed by atoms with Crippen LogP contribution < -0.4 is 16.0 Å². The van der Waals surface area contributed by atoms with E-state index < -0.39 is 12.2 Å². The van der Waals surface area contributed by atoms with E-state index >= 15 is 0 Å². The number of hydrogen-bond donors (Lipinski definition) is 2. The summed E-state index contributed by atoms with van der Waals surface area (Å²) in [4.78, 5) is 11.1. The topological polar surface area (TPSA) is 73.6 Å². The molecule has 0 saturated carbocycles. The predicted molar refractivity (Wildman–Crippen MR) is 50.2 cm³/mol. The molecule has 0 radical (unpaired) electrons. The number of nitrogens with one attached hydrogen (secondary N) is 1. The molecule has 0 fully saturated rings. The normalized spacial score (nSPS) is 11.9. The Morgan fingerprint density at radius 3 is 2.57 bits per heavy atom. The van der Waals surface area contributed by atoms with E-state index in [1.54, 1.807) is 24.3 Å². The van der Waals surface area contributed by atoms with Crippen molar-refractivity contribution in [3.05, 3.63) is 30.3 Å². The lowest BCUT2D eigenvalue weighted by atomic mass is 10.3. The van der Waals surface area contributed by atoms with Gasteiger partial charge in [0.1, 0.15) is 5.75 Å². The van der Waals surface area contributed by atoms with E-state index in [1.807, 2.05) is 11.5 Å². The largest absolute Gasteiger partial charge is 0.455 e. The molecule has 0 aromatic heterocycles. The van der Waals surface area contributed by atoms with Gasteiger partial charge in [0.2, 0.25) is 0 Å². The van der Waals surface area contributed by atoms with E-state index in [9.17, 15) is 4.79 Å². The number of rotatable bonds is 4.